The molecule has 0 aliphatic rings. The number of thiazole rings is 1. The van der Waals surface area contributed by atoms with Gasteiger partial charge in [-0.1, -0.05) is 37.3 Å². The maximum absolute atomic E-state index is 13.3. The Labute approximate surface area is 177 Å². The van der Waals surface area contributed by atoms with Crippen molar-refractivity contribution in [2.24, 2.45) is 0 Å². The molecule has 1 aromatic heterocycles. The second-order valence-electron chi connectivity index (χ2n) is 7.03. The monoisotopic (exact) mass is 435 g/mol. The van der Waals surface area contributed by atoms with Crippen molar-refractivity contribution in [2.45, 2.75) is 26.9 Å². The van der Waals surface area contributed by atoms with Crippen molar-refractivity contribution in [3.05, 3.63) is 59.2 Å². The third kappa shape index (κ3) is 4.99. The Hall–Kier alpha value is -2.45. The number of hydrogen-bond acceptors (Lipinski definition) is 4. The summed E-state index contributed by atoms with van der Waals surface area (Å²) < 4.78 is 40.3. The first kappa shape index (κ1) is 22.2. The van der Waals surface area contributed by atoms with E-state index in [1.54, 1.807) is 0 Å². The molecule has 0 N–H and O–H groups in total. The fraction of sp³-hybridized carbons (Fsp3) is 0.364. The van der Waals surface area contributed by atoms with Crippen molar-refractivity contribution in [3.63, 3.8) is 0 Å². The van der Waals surface area contributed by atoms with Crippen LogP contribution in [0.5, 0.6) is 0 Å². The van der Waals surface area contributed by atoms with Gasteiger partial charge in [-0.2, -0.15) is 13.2 Å². The van der Waals surface area contributed by atoms with Gasteiger partial charge in [0.2, 0.25) is 0 Å². The first-order valence-corrected chi connectivity index (χ1v) is 10.6. The van der Waals surface area contributed by atoms with E-state index in [-0.39, 0.29) is 5.56 Å². The summed E-state index contributed by atoms with van der Waals surface area (Å²) in [4.78, 5) is 21.5. The predicted molar refractivity (Wildman–Crippen MR) is 115 cm³/mol. The van der Waals surface area contributed by atoms with Crippen LogP contribution in [-0.2, 0) is 6.18 Å². The van der Waals surface area contributed by atoms with Crippen molar-refractivity contribution in [1.29, 1.82) is 0 Å². The van der Waals surface area contributed by atoms with Crippen LogP contribution in [0.3, 0.4) is 0 Å². The number of carbonyl (C=O) groups excluding carboxylic acids is 1. The number of nitrogens with zero attached hydrogens (tertiary/aromatic N) is 3. The zero-order valence-electron chi connectivity index (χ0n) is 17.2. The smallest absolute Gasteiger partial charge is 0.302 e. The molecule has 0 radical (unpaired) electrons. The minimum Gasteiger partial charge on any atom is -0.302 e. The molecule has 8 heteroatoms. The maximum Gasteiger partial charge on any atom is 0.416 e. The molecular formula is C22H24F3N3OS. The number of aryl methyl sites for hydroxylation is 1. The van der Waals surface area contributed by atoms with Crippen LogP contribution in [0.1, 0.15) is 35.3 Å². The molecule has 0 saturated heterocycles. The quantitative estimate of drug-likeness (QED) is 0.484. The molecule has 0 aliphatic heterocycles. The molecule has 4 nitrogen and oxygen atoms in total. The van der Waals surface area contributed by atoms with Gasteiger partial charge in [-0.15, -0.1) is 0 Å². The summed E-state index contributed by atoms with van der Waals surface area (Å²) in [6.07, 6.45) is -4.50. The predicted octanol–water partition coefficient (Wildman–Crippen LogP) is 5.61. The zero-order chi connectivity index (χ0) is 21.9. The van der Waals surface area contributed by atoms with E-state index in [4.69, 9.17) is 0 Å². The van der Waals surface area contributed by atoms with Crippen molar-refractivity contribution in [1.82, 2.24) is 9.88 Å². The summed E-state index contributed by atoms with van der Waals surface area (Å²) in [7, 11) is 0. The van der Waals surface area contributed by atoms with Crippen LogP contribution in [0, 0.1) is 6.92 Å². The van der Waals surface area contributed by atoms with Gasteiger partial charge < -0.3 is 4.90 Å². The van der Waals surface area contributed by atoms with E-state index < -0.39 is 17.6 Å². The number of halogens is 3. The molecule has 0 spiro atoms. The number of rotatable bonds is 7. The van der Waals surface area contributed by atoms with Crippen LogP contribution in [0.15, 0.2) is 42.5 Å². The molecule has 30 heavy (non-hydrogen) atoms. The number of alkyl halides is 3. The Morgan fingerprint density at radius 3 is 2.47 bits per heavy atom. The third-order valence-corrected chi connectivity index (χ3v) is 6.02. The van der Waals surface area contributed by atoms with Crippen molar-refractivity contribution >= 4 is 32.6 Å². The molecule has 0 fully saturated rings. The average molecular weight is 436 g/mol. The van der Waals surface area contributed by atoms with Crippen LogP contribution in [0.4, 0.5) is 18.3 Å². The van der Waals surface area contributed by atoms with Gasteiger partial charge in [-0.25, -0.2) is 4.98 Å². The van der Waals surface area contributed by atoms with Crippen LogP contribution in [-0.4, -0.2) is 42.0 Å². The second kappa shape index (κ2) is 9.14. The topological polar surface area (TPSA) is 36.4 Å². The Kier molecular flexibility index (Phi) is 6.77. The first-order chi connectivity index (χ1) is 14.2. The highest BCUT2D eigenvalue weighted by Gasteiger charge is 2.32. The first-order valence-electron chi connectivity index (χ1n) is 9.81. The highest BCUT2D eigenvalue weighted by molar-refractivity contribution is 7.22. The third-order valence-electron chi connectivity index (χ3n) is 4.98. The zero-order valence-corrected chi connectivity index (χ0v) is 18.0. The summed E-state index contributed by atoms with van der Waals surface area (Å²) in [6.45, 7) is 8.63. The Balaban J connectivity index is 1.98. The van der Waals surface area contributed by atoms with Gasteiger partial charge in [-0.3, -0.25) is 9.69 Å². The lowest BCUT2D eigenvalue weighted by atomic mass is 10.1. The molecule has 0 aliphatic carbocycles. The molecule has 0 atom stereocenters. The maximum atomic E-state index is 13.3. The van der Waals surface area contributed by atoms with Crippen LogP contribution in [0.2, 0.25) is 0 Å². The molecule has 1 heterocycles. The number of anilines is 1. The van der Waals surface area contributed by atoms with E-state index in [0.29, 0.717) is 18.2 Å². The standard InChI is InChI=1S/C22H24F3N3OS/c1-4-27(5-2)11-12-28(21-26-18-10-9-15(3)13-19(18)30-21)20(29)16-7-6-8-17(14-16)22(23,24)25/h6-10,13-14H,4-5,11-12H2,1-3H3. The molecule has 1 amide bonds. The van der Waals surface area contributed by atoms with Gasteiger partial charge in [0.25, 0.3) is 5.91 Å². The minimum atomic E-state index is -4.50. The molecular weight excluding hydrogens is 411 g/mol. The summed E-state index contributed by atoms with van der Waals surface area (Å²) >= 11 is 1.37. The van der Waals surface area contributed by atoms with Gasteiger partial charge in [0.15, 0.2) is 5.13 Å². The normalized spacial score (nSPS) is 12.0. The summed E-state index contributed by atoms with van der Waals surface area (Å²) in [6, 6.07) is 10.4. The second-order valence-corrected chi connectivity index (χ2v) is 8.04. The molecule has 3 rings (SSSR count). The van der Waals surface area contributed by atoms with Crippen LogP contribution in [0.25, 0.3) is 10.2 Å². The van der Waals surface area contributed by atoms with Crippen LogP contribution < -0.4 is 4.90 Å². The minimum absolute atomic E-state index is 0.000177. The summed E-state index contributed by atoms with van der Waals surface area (Å²) in [5.74, 6) is -0.482. The van der Waals surface area contributed by atoms with E-state index >= 15 is 0 Å². The SMILES string of the molecule is CCN(CC)CCN(C(=O)c1cccc(C(F)(F)F)c1)c1nc2ccc(C)cc2s1. The van der Waals surface area contributed by atoms with Crippen LogP contribution >= 0.6 is 11.3 Å². The molecule has 160 valence electrons. The van der Waals surface area contributed by atoms with Gasteiger partial charge in [0.05, 0.1) is 15.8 Å². The van der Waals surface area contributed by atoms with E-state index in [0.717, 1.165) is 41.0 Å². The highest BCUT2D eigenvalue weighted by Crippen LogP contribution is 2.32. The average Bonchev–Trinajstić information content (AvgIpc) is 3.13. The fourth-order valence-corrected chi connectivity index (χ4v) is 4.27. The molecule has 2 aromatic carbocycles. The Morgan fingerprint density at radius 2 is 1.80 bits per heavy atom. The lowest BCUT2D eigenvalue weighted by Crippen LogP contribution is -2.39. The largest absolute Gasteiger partial charge is 0.416 e. The number of aromatic nitrogens is 1. The van der Waals surface area contributed by atoms with Gasteiger partial charge in [0.1, 0.15) is 0 Å². The van der Waals surface area contributed by atoms with Crippen molar-refractivity contribution < 1.29 is 18.0 Å². The van der Waals surface area contributed by atoms with Crippen molar-refractivity contribution in [3.8, 4) is 0 Å². The molecule has 0 saturated carbocycles. The van der Waals surface area contributed by atoms with Gasteiger partial charge in [0, 0.05) is 18.7 Å². The highest BCUT2D eigenvalue weighted by atomic mass is 32.1. The summed E-state index contributed by atoms with van der Waals surface area (Å²) in [5, 5.41) is 0.491. The lowest BCUT2D eigenvalue weighted by Gasteiger charge is -2.25. The number of carbonyl (C=O) groups is 1. The summed E-state index contributed by atoms with van der Waals surface area (Å²) in [5.41, 5.74) is 1.01. The fourth-order valence-electron chi connectivity index (χ4n) is 3.18. The number of likely N-dealkylation sites (N-methyl/N-ethyl adjacent to an activating group) is 1. The molecule has 3 aromatic rings. The Morgan fingerprint density at radius 1 is 1.07 bits per heavy atom. The van der Waals surface area contributed by atoms with E-state index in [9.17, 15) is 18.0 Å². The number of amides is 1. The van der Waals surface area contributed by atoms with Gasteiger partial charge >= 0.3 is 6.18 Å². The van der Waals surface area contributed by atoms with E-state index in [1.165, 1.54) is 28.4 Å². The van der Waals surface area contributed by atoms with Gasteiger partial charge in [-0.05, 0) is 55.9 Å². The molecule has 0 unspecified atom stereocenters. The van der Waals surface area contributed by atoms with Crippen molar-refractivity contribution in [2.75, 3.05) is 31.1 Å². The molecule has 0 bridgehead atoms. The Bertz CT molecular complexity index is 1030. The lowest BCUT2D eigenvalue weighted by molar-refractivity contribution is -0.137. The number of benzene rings is 2. The number of fused-ring (bicyclic) bond motifs is 1. The number of hydrogen-bond donors (Lipinski definition) is 0. The van der Waals surface area contributed by atoms with E-state index in [2.05, 4.69) is 9.88 Å². The van der Waals surface area contributed by atoms with E-state index in [1.807, 2.05) is 39.0 Å².